The Morgan fingerprint density at radius 3 is 2.79 bits per heavy atom. The number of carbonyl (C=O) groups is 1. The number of halogens is 2. The summed E-state index contributed by atoms with van der Waals surface area (Å²) in [6, 6.07) is 8.34. The fourth-order valence-corrected chi connectivity index (χ4v) is 2.92. The molecule has 0 bridgehead atoms. The van der Waals surface area contributed by atoms with Crippen molar-refractivity contribution in [3.63, 3.8) is 0 Å². The number of ether oxygens (including phenoxy) is 1. The average molecular weight is 418 g/mol. The van der Waals surface area contributed by atoms with Gasteiger partial charge >= 0.3 is 0 Å². The number of amides is 1. The number of likely N-dealkylation sites (N-methyl/N-ethyl adjacent to an activating group) is 1. The Hall–Kier alpha value is -2.97. The highest BCUT2D eigenvalue weighted by Crippen LogP contribution is 2.31. The molecule has 9 heteroatoms. The zero-order valence-corrected chi connectivity index (χ0v) is 17.0. The van der Waals surface area contributed by atoms with E-state index < -0.39 is 5.82 Å². The fraction of sp³-hybridized carbons (Fsp3) is 0.250. The van der Waals surface area contributed by atoms with E-state index in [0.717, 1.165) is 5.56 Å². The van der Waals surface area contributed by atoms with Gasteiger partial charge in [-0.15, -0.1) is 0 Å². The third kappa shape index (κ3) is 4.72. The lowest BCUT2D eigenvalue weighted by Gasteiger charge is -2.15. The monoisotopic (exact) mass is 417 g/mol. The number of benzene rings is 2. The second kappa shape index (κ2) is 9.02. The maximum Gasteiger partial charge on any atom is 0.236 e. The normalized spacial score (nSPS) is 10.8. The third-order valence-corrected chi connectivity index (χ3v) is 4.62. The third-order valence-electron chi connectivity index (χ3n) is 4.33. The van der Waals surface area contributed by atoms with Gasteiger partial charge < -0.3 is 20.3 Å². The van der Waals surface area contributed by atoms with E-state index in [2.05, 4.69) is 20.6 Å². The van der Waals surface area contributed by atoms with Crippen molar-refractivity contribution in [3.8, 4) is 5.75 Å². The summed E-state index contributed by atoms with van der Waals surface area (Å²) in [7, 11) is 4.97. The zero-order valence-electron chi connectivity index (χ0n) is 16.3. The van der Waals surface area contributed by atoms with Gasteiger partial charge in [0.05, 0.1) is 29.9 Å². The molecular weight excluding hydrogens is 397 g/mol. The van der Waals surface area contributed by atoms with E-state index >= 15 is 0 Å². The highest BCUT2D eigenvalue weighted by molar-refractivity contribution is 6.31. The Morgan fingerprint density at radius 1 is 1.28 bits per heavy atom. The molecule has 0 spiro atoms. The molecule has 2 aromatic carbocycles. The van der Waals surface area contributed by atoms with Gasteiger partial charge in [0.15, 0.2) is 5.82 Å². The summed E-state index contributed by atoms with van der Waals surface area (Å²) in [5.74, 6) is 0.468. The number of aromatic nitrogens is 2. The van der Waals surface area contributed by atoms with Gasteiger partial charge in [0.25, 0.3) is 0 Å². The molecule has 2 N–H and O–H groups in total. The molecule has 0 aliphatic heterocycles. The van der Waals surface area contributed by atoms with E-state index in [4.69, 9.17) is 16.3 Å². The van der Waals surface area contributed by atoms with Crippen molar-refractivity contribution in [2.75, 3.05) is 33.1 Å². The van der Waals surface area contributed by atoms with Gasteiger partial charge in [-0.1, -0.05) is 17.7 Å². The molecule has 0 saturated carbocycles. The summed E-state index contributed by atoms with van der Waals surface area (Å²) in [4.78, 5) is 21.8. The quantitative estimate of drug-likeness (QED) is 0.613. The first-order valence-corrected chi connectivity index (χ1v) is 9.22. The lowest BCUT2D eigenvalue weighted by Crippen LogP contribution is -2.32. The minimum Gasteiger partial charge on any atom is -0.496 e. The van der Waals surface area contributed by atoms with Crippen LogP contribution in [-0.2, 0) is 11.3 Å². The van der Waals surface area contributed by atoms with Crippen molar-refractivity contribution in [1.82, 2.24) is 20.2 Å². The Bertz CT molecular complexity index is 1040. The van der Waals surface area contributed by atoms with E-state index in [-0.39, 0.29) is 23.2 Å². The van der Waals surface area contributed by atoms with E-state index in [1.165, 1.54) is 17.3 Å². The molecule has 0 radical (unpaired) electrons. The molecule has 0 atom stereocenters. The predicted octanol–water partition coefficient (Wildman–Crippen LogP) is 3.35. The summed E-state index contributed by atoms with van der Waals surface area (Å²) >= 11 is 5.86. The number of hydrogen-bond acceptors (Lipinski definition) is 6. The van der Waals surface area contributed by atoms with E-state index in [9.17, 15) is 9.18 Å². The van der Waals surface area contributed by atoms with Crippen molar-refractivity contribution >= 4 is 39.9 Å². The van der Waals surface area contributed by atoms with Crippen LogP contribution in [0, 0.1) is 5.82 Å². The zero-order chi connectivity index (χ0) is 21.0. The minimum absolute atomic E-state index is 0.0190. The molecule has 0 aliphatic carbocycles. The molecule has 0 saturated heterocycles. The largest absolute Gasteiger partial charge is 0.496 e. The average Bonchev–Trinajstić information content (AvgIpc) is 2.71. The number of fused-ring (bicyclic) bond motifs is 1. The van der Waals surface area contributed by atoms with Crippen LogP contribution in [0.3, 0.4) is 0 Å². The highest BCUT2D eigenvalue weighted by Gasteiger charge is 2.13. The van der Waals surface area contributed by atoms with Crippen LogP contribution in [0.2, 0.25) is 5.02 Å². The molecule has 152 valence electrons. The van der Waals surface area contributed by atoms with Crippen molar-refractivity contribution in [2.45, 2.75) is 6.54 Å². The first-order valence-electron chi connectivity index (χ1n) is 8.84. The molecule has 7 nitrogen and oxygen atoms in total. The SMILES string of the molecule is COc1cc2ncnc(Nc3cccc(Cl)c3F)c2cc1CNCC(=O)N(C)C. The van der Waals surface area contributed by atoms with Gasteiger partial charge in [-0.3, -0.25) is 4.79 Å². The molecule has 1 aromatic heterocycles. The lowest BCUT2D eigenvalue weighted by atomic mass is 10.1. The number of anilines is 2. The Morgan fingerprint density at radius 2 is 2.07 bits per heavy atom. The first kappa shape index (κ1) is 20.8. The molecule has 1 heterocycles. The van der Waals surface area contributed by atoms with Gasteiger partial charge in [0.1, 0.15) is 17.9 Å². The van der Waals surface area contributed by atoms with Crippen molar-refractivity contribution in [2.24, 2.45) is 0 Å². The molecular formula is C20H21ClFN5O2. The van der Waals surface area contributed by atoms with Crippen LogP contribution in [0.1, 0.15) is 5.56 Å². The number of nitrogens with one attached hydrogen (secondary N) is 2. The van der Waals surface area contributed by atoms with Gasteiger partial charge in [-0.2, -0.15) is 0 Å². The van der Waals surface area contributed by atoms with Crippen LogP contribution in [-0.4, -0.2) is 48.5 Å². The Kier molecular flexibility index (Phi) is 6.46. The van der Waals surface area contributed by atoms with Crippen LogP contribution >= 0.6 is 11.6 Å². The summed E-state index contributed by atoms with van der Waals surface area (Å²) in [6.45, 7) is 0.594. The number of nitrogens with zero attached hydrogens (tertiary/aromatic N) is 3. The number of methoxy groups -OCH3 is 1. The fourth-order valence-electron chi connectivity index (χ4n) is 2.75. The van der Waals surface area contributed by atoms with Gasteiger partial charge in [-0.05, 0) is 18.2 Å². The topological polar surface area (TPSA) is 79.4 Å². The molecule has 1 amide bonds. The van der Waals surface area contributed by atoms with E-state index in [1.807, 2.05) is 6.07 Å². The van der Waals surface area contributed by atoms with Gasteiger partial charge in [0, 0.05) is 37.7 Å². The van der Waals surface area contributed by atoms with Crippen LogP contribution in [0.5, 0.6) is 5.75 Å². The second-order valence-electron chi connectivity index (χ2n) is 6.52. The van der Waals surface area contributed by atoms with Crippen LogP contribution < -0.4 is 15.4 Å². The van der Waals surface area contributed by atoms with Crippen molar-refractivity contribution in [1.29, 1.82) is 0 Å². The molecule has 29 heavy (non-hydrogen) atoms. The first-order chi connectivity index (χ1) is 13.9. The molecule has 3 rings (SSSR count). The smallest absolute Gasteiger partial charge is 0.236 e. The number of carbonyl (C=O) groups excluding carboxylic acids is 1. The number of rotatable bonds is 7. The van der Waals surface area contributed by atoms with Crippen molar-refractivity contribution < 1.29 is 13.9 Å². The molecule has 3 aromatic rings. The standard InChI is InChI=1S/C20H21ClFN5O2/c1-27(2)18(28)10-23-9-12-7-13-16(8-17(12)29-3)24-11-25-20(13)26-15-6-4-5-14(21)19(15)22/h4-8,11,23H,9-10H2,1-3H3,(H,24,25,26). The maximum atomic E-state index is 14.3. The van der Waals surface area contributed by atoms with E-state index in [0.29, 0.717) is 29.0 Å². The van der Waals surface area contributed by atoms with Crippen LogP contribution in [0.25, 0.3) is 10.9 Å². The van der Waals surface area contributed by atoms with Crippen LogP contribution in [0.15, 0.2) is 36.7 Å². The highest BCUT2D eigenvalue weighted by atomic mass is 35.5. The molecule has 0 aliphatic rings. The number of hydrogen-bond donors (Lipinski definition) is 2. The van der Waals surface area contributed by atoms with Crippen LogP contribution in [0.4, 0.5) is 15.9 Å². The van der Waals surface area contributed by atoms with Gasteiger partial charge in [-0.25, -0.2) is 14.4 Å². The van der Waals surface area contributed by atoms with Gasteiger partial charge in [0.2, 0.25) is 5.91 Å². The second-order valence-corrected chi connectivity index (χ2v) is 6.93. The molecule has 0 fully saturated rings. The Balaban J connectivity index is 1.93. The minimum atomic E-state index is -0.557. The lowest BCUT2D eigenvalue weighted by molar-refractivity contribution is -0.127. The summed E-state index contributed by atoms with van der Waals surface area (Å²) < 4.78 is 19.7. The predicted molar refractivity (Wildman–Crippen MR) is 111 cm³/mol. The molecule has 0 unspecified atom stereocenters. The van der Waals surface area contributed by atoms with E-state index in [1.54, 1.807) is 39.4 Å². The maximum absolute atomic E-state index is 14.3. The summed E-state index contributed by atoms with van der Waals surface area (Å²) in [5, 5.41) is 6.78. The summed E-state index contributed by atoms with van der Waals surface area (Å²) in [6.07, 6.45) is 1.39. The Labute approximate surface area is 172 Å². The summed E-state index contributed by atoms with van der Waals surface area (Å²) in [5.41, 5.74) is 1.66. The van der Waals surface area contributed by atoms with Crippen molar-refractivity contribution in [3.05, 3.63) is 53.1 Å².